The Morgan fingerprint density at radius 1 is 1.31 bits per heavy atom. The maximum Gasteiger partial charge on any atom is 0.416 e. The van der Waals surface area contributed by atoms with E-state index in [0.717, 1.165) is 18.6 Å². The Hall–Kier alpha value is -3.83. The molecule has 3 heterocycles. The first-order valence-corrected chi connectivity index (χ1v) is 11.5. The van der Waals surface area contributed by atoms with E-state index in [2.05, 4.69) is 19.7 Å². The highest BCUT2D eigenvalue weighted by molar-refractivity contribution is 6.00. The molecule has 36 heavy (non-hydrogen) atoms. The van der Waals surface area contributed by atoms with Crippen LogP contribution >= 0.6 is 0 Å². The zero-order valence-electron chi connectivity index (χ0n) is 19.4. The molecule has 1 aromatic carbocycles. The summed E-state index contributed by atoms with van der Waals surface area (Å²) < 4.78 is 49.6. The highest BCUT2D eigenvalue weighted by Crippen LogP contribution is 2.34. The molecule has 0 spiro atoms. The van der Waals surface area contributed by atoms with Crippen LogP contribution in [0, 0.1) is 5.92 Å². The topological polar surface area (TPSA) is 100 Å². The zero-order valence-corrected chi connectivity index (χ0v) is 19.4. The minimum Gasteiger partial charge on any atom is -0.466 e. The van der Waals surface area contributed by atoms with Gasteiger partial charge in [-0.1, -0.05) is 12.2 Å². The maximum atomic E-state index is 13.7. The Bertz CT molecular complexity index is 1280. The number of nitrogens with zero attached hydrogens (tertiary/aromatic N) is 4. The minimum atomic E-state index is -4.45. The Morgan fingerprint density at radius 3 is 2.86 bits per heavy atom. The summed E-state index contributed by atoms with van der Waals surface area (Å²) in [6.45, 7) is 0.396. The number of H-pyrrole nitrogens is 1. The number of alkyl halides is 3. The van der Waals surface area contributed by atoms with E-state index in [9.17, 15) is 22.8 Å². The van der Waals surface area contributed by atoms with Crippen LogP contribution in [0.15, 0.2) is 47.1 Å². The number of fused-ring (bicyclic) bond motifs is 2. The molecule has 0 radical (unpaired) electrons. The SMILES string of the molecule is COC(=O)COC1=NC2CCN(c3nc4ccc(C(F)(F)F)cc4[nH]3)CC2C(=O)N1C1=CC=CCC1. The van der Waals surface area contributed by atoms with E-state index in [-0.39, 0.29) is 36.6 Å². The quantitative estimate of drug-likeness (QED) is 0.642. The van der Waals surface area contributed by atoms with E-state index in [1.807, 2.05) is 23.1 Å². The lowest BCUT2D eigenvalue weighted by Crippen LogP contribution is -2.56. The van der Waals surface area contributed by atoms with Crippen LogP contribution in [0.2, 0.25) is 0 Å². The van der Waals surface area contributed by atoms with E-state index in [1.165, 1.54) is 18.1 Å². The lowest BCUT2D eigenvalue weighted by atomic mass is 9.89. The second-order valence-corrected chi connectivity index (χ2v) is 8.77. The number of carbonyl (C=O) groups excluding carboxylic acids is 2. The number of piperidine rings is 1. The molecule has 9 nitrogen and oxygen atoms in total. The van der Waals surface area contributed by atoms with Crippen molar-refractivity contribution in [1.82, 2.24) is 14.9 Å². The number of hydrogen-bond donors (Lipinski definition) is 1. The van der Waals surface area contributed by atoms with E-state index in [4.69, 9.17) is 4.74 Å². The maximum absolute atomic E-state index is 13.7. The summed E-state index contributed by atoms with van der Waals surface area (Å²) in [5.74, 6) is -0.914. The Balaban J connectivity index is 1.41. The first-order valence-electron chi connectivity index (χ1n) is 11.5. The van der Waals surface area contributed by atoms with Gasteiger partial charge in [0.1, 0.15) is 0 Å². The Labute approximate surface area is 204 Å². The summed E-state index contributed by atoms with van der Waals surface area (Å²) in [6, 6.07) is 3.07. The van der Waals surface area contributed by atoms with E-state index in [1.54, 1.807) is 0 Å². The van der Waals surface area contributed by atoms with Crippen molar-refractivity contribution in [3.8, 4) is 0 Å². The molecular weight excluding hydrogens is 479 g/mol. The fourth-order valence-electron chi connectivity index (χ4n) is 4.64. The van der Waals surface area contributed by atoms with Crippen LogP contribution in [0.25, 0.3) is 11.0 Å². The summed E-state index contributed by atoms with van der Waals surface area (Å²) in [5, 5.41) is 0. The number of halogens is 3. The van der Waals surface area contributed by atoms with Crippen LogP contribution in [0.5, 0.6) is 0 Å². The molecule has 2 aliphatic heterocycles. The fraction of sp³-hybridized carbons (Fsp3) is 0.417. The number of esters is 1. The molecule has 2 aromatic rings. The number of amidine groups is 1. The van der Waals surface area contributed by atoms with Gasteiger partial charge >= 0.3 is 12.1 Å². The molecule has 2 unspecified atom stereocenters. The standard InChI is InChI=1S/C24H24F3N5O4/c1-35-20(33)13-36-23-30-17-9-10-31(12-16(17)21(34)32(23)15-5-3-2-4-6-15)22-28-18-8-7-14(24(25,26)27)11-19(18)29-22/h2-3,5,7-8,11,16-17H,4,6,9-10,12-13H2,1H3,(H,28,29). The number of aromatic amines is 1. The molecule has 1 aromatic heterocycles. The average Bonchev–Trinajstić information content (AvgIpc) is 3.31. The van der Waals surface area contributed by atoms with Crippen molar-refractivity contribution < 1.29 is 32.2 Å². The number of methoxy groups -OCH3 is 1. The monoisotopic (exact) mass is 503 g/mol. The van der Waals surface area contributed by atoms with Crippen molar-refractivity contribution >= 4 is 34.9 Å². The van der Waals surface area contributed by atoms with Crippen LogP contribution in [-0.4, -0.2) is 65.6 Å². The number of carbonyl (C=O) groups is 2. The number of aliphatic imine (C=N–C) groups is 1. The average molecular weight is 503 g/mol. The molecule has 1 N–H and O–H groups in total. The number of benzene rings is 1. The number of anilines is 1. The lowest BCUT2D eigenvalue weighted by molar-refractivity contribution is -0.144. The number of allylic oxidation sites excluding steroid dienone is 4. The van der Waals surface area contributed by atoms with Gasteiger partial charge in [-0.15, -0.1) is 0 Å². The van der Waals surface area contributed by atoms with Gasteiger partial charge in [-0.05, 0) is 43.5 Å². The number of ether oxygens (including phenoxy) is 2. The van der Waals surface area contributed by atoms with Crippen molar-refractivity contribution in [3.63, 3.8) is 0 Å². The van der Waals surface area contributed by atoms with Gasteiger partial charge in [-0.3, -0.25) is 4.79 Å². The van der Waals surface area contributed by atoms with E-state index in [0.29, 0.717) is 36.5 Å². The third-order valence-electron chi connectivity index (χ3n) is 6.50. The molecule has 1 saturated heterocycles. The van der Waals surface area contributed by atoms with Crippen LogP contribution in [-0.2, 0) is 25.2 Å². The van der Waals surface area contributed by atoms with Crippen LogP contribution in [0.1, 0.15) is 24.8 Å². The van der Waals surface area contributed by atoms with Gasteiger partial charge in [0.05, 0.1) is 35.7 Å². The van der Waals surface area contributed by atoms with Crippen LogP contribution < -0.4 is 4.90 Å². The molecule has 0 bridgehead atoms. The van der Waals surface area contributed by atoms with Gasteiger partial charge in [0.15, 0.2) is 6.61 Å². The minimum absolute atomic E-state index is 0.0741. The predicted molar refractivity (Wildman–Crippen MR) is 124 cm³/mol. The van der Waals surface area contributed by atoms with Crippen LogP contribution in [0.3, 0.4) is 0 Å². The predicted octanol–water partition coefficient (Wildman–Crippen LogP) is 3.40. The van der Waals surface area contributed by atoms with Gasteiger partial charge < -0.3 is 19.4 Å². The summed E-state index contributed by atoms with van der Waals surface area (Å²) >= 11 is 0. The first-order chi connectivity index (χ1) is 17.2. The number of rotatable bonds is 4. The molecule has 1 amide bonds. The highest BCUT2D eigenvalue weighted by atomic mass is 19.4. The number of amides is 1. The van der Waals surface area contributed by atoms with Gasteiger partial charge in [-0.2, -0.15) is 13.2 Å². The zero-order chi connectivity index (χ0) is 25.4. The number of hydrogen-bond acceptors (Lipinski definition) is 7. The second-order valence-electron chi connectivity index (χ2n) is 8.77. The van der Waals surface area contributed by atoms with Gasteiger partial charge in [0.2, 0.25) is 11.9 Å². The molecule has 190 valence electrons. The molecular formula is C24H24F3N5O4. The van der Waals surface area contributed by atoms with Gasteiger partial charge in [0, 0.05) is 18.8 Å². The van der Waals surface area contributed by atoms with Crippen LogP contribution in [0.4, 0.5) is 19.1 Å². The van der Waals surface area contributed by atoms with Gasteiger partial charge in [0.25, 0.3) is 6.02 Å². The summed E-state index contributed by atoms with van der Waals surface area (Å²) in [4.78, 5) is 40.7. The van der Waals surface area contributed by atoms with Crippen molar-refractivity contribution in [1.29, 1.82) is 0 Å². The van der Waals surface area contributed by atoms with E-state index < -0.39 is 23.6 Å². The molecule has 2 atom stereocenters. The summed E-state index contributed by atoms with van der Waals surface area (Å²) in [7, 11) is 1.25. The molecule has 12 heteroatoms. The Morgan fingerprint density at radius 2 is 2.14 bits per heavy atom. The second kappa shape index (κ2) is 9.32. The largest absolute Gasteiger partial charge is 0.466 e. The molecule has 3 aliphatic rings. The smallest absolute Gasteiger partial charge is 0.416 e. The highest BCUT2D eigenvalue weighted by Gasteiger charge is 2.44. The number of aromatic nitrogens is 2. The van der Waals surface area contributed by atoms with Crippen molar-refractivity contribution in [2.24, 2.45) is 10.9 Å². The summed E-state index contributed by atoms with van der Waals surface area (Å²) in [6.07, 6.45) is 3.06. The third-order valence-corrected chi connectivity index (χ3v) is 6.50. The fourth-order valence-corrected chi connectivity index (χ4v) is 4.64. The number of imidazole rings is 1. The summed E-state index contributed by atoms with van der Waals surface area (Å²) in [5.41, 5.74) is 0.636. The lowest BCUT2D eigenvalue weighted by Gasteiger charge is -2.42. The normalized spacial score (nSPS) is 22.3. The third kappa shape index (κ3) is 4.54. The molecule has 0 saturated carbocycles. The van der Waals surface area contributed by atoms with Gasteiger partial charge in [-0.25, -0.2) is 19.7 Å². The first kappa shape index (κ1) is 23.9. The molecule has 5 rings (SSSR count). The Kier molecular flexibility index (Phi) is 6.19. The van der Waals surface area contributed by atoms with E-state index >= 15 is 0 Å². The van der Waals surface area contributed by atoms with Crippen molar-refractivity contribution in [2.75, 3.05) is 31.7 Å². The molecule has 1 fully saturated rings. The van der Waals surface area contributed by atoms with Crippen molar-refractivity contribution in [2.45, 2.75) is 31.5 Å². The number of nitrogens with one attached hydrogen (secondary N) is 1. The molecule has 1 aliphatic carbocycles. The van der Waals surface area contributed by atoms with Crippen molar-refractivity contribution in [3.05, 3.63) is 47.7 Å².